The summed E-state index contributed by atoms with van der Waals surface area (Å²) in [6, 6.07) is 1.87. The van der Waals surface area contributed by atoms with Gasteiger partial charge in [-0.1, -0.05) is 11.6 Å². The average molecular weight is 242 g/mol. The van der Waals surface area contributed by atoms with E-state index in [0.29, 0.717) is 11.9 Å². The molecule has 1 amide bonds. The molecular weight excluding hydrogens is 230 g/mol. The molecule has 0 bridgehead atoms. The molecule has 0 saturated heterocycles. The summed E-state index contributed by atoms with van der Waals surface area (Å²) in [5.41, 5.74) is 5.41. The number of nitrogen functional groups attached to an aromatic ring is 1. The molecule has 0 atom stereocenters. The number of nitrogens with zero attached hydrogens (tertiary/aromatic N) is 2. The van der Waals surface area contributed by atoms with Gasteiger partial charge in [-0.05, 0) is 12.8 Å². The first-order valence-electron chi connectivity index (χ1n) is 4.97. The van der Waals surface area contributed by atoms with Crippen LogP contribution in [-0.4, -0.2) is 28.5 Å². The Bertz CT molecular complexity index is 387. The van der Waals surface area contributed by atoms with Crippen molar-refractivity contribution >= 4 is 29.3 Å². The Morgan fingerprint density at radius 3 is 2.94 bits per heavy atom. The van der Waals surface area contributed by atoms with Crippen molar-refractivity contribution in [3.05, 3.63) is 11.2 Å². The van der Waals surface area contributed by atoms with Crippen LogP contribution in [0.4, 0.5) is 11.8 Å². The van der Waals surface area contributed by atoms with Crippen molar-refractivity contribution in [2.75, 3.05) is 17.6 Å². The first-order valence-corrected chi connectivity index (χ1v) is 5.34. The SMILES string of the molecule is Nc1nc(Cl)cc(NCC(=O)NC2CC2)n1. The summed E-state index contributed by atoms with van der Waals surface area (Å²) < 4.78 is 0. The molecule has 16 heavy (non-hydrogen) atoms. The van der Waals surface area contributed by atoms with Crippen LogP contribution in [0.2, 0.25) is 5.15 Å². The topological polar surface area (TPSA) is 92.9 Å². The highest BCUT2D eigenvalue weighted by atomic mass is 35.5. The highest BCUT2D eigenvalue weighted by Gasteiger charge is 2.22. The number of nitrogens with one attached hydrogen (secondary N) is 2. The molecule has 0 unspecified atom stereocenters. The lowest BCUT2D eigenvalue weighted by molar-refractivity contribution is -0.119. The highest BCUT2D eigenvalue weighted by Crippen LogP contribution is 2.18. The zero-order valence-corrected chi connectivity index (χ0v) is 9.29. The molecule has 0 aromatic carbocycles. The number of aromatic nitrogens is 2. The second-order valence-corrected chi connectivity index (χ2v) is 4.02. The molecule has 1 heterocycles. The summed E-state index contributed by atoms with van der Waals surface area (Å²) in [6.45, 7) is 0.156. The van der Waals surface area contributed by atoms with Crippen molar-refractivity contribution in [1.29, 1.82) is 0 Å². The predicted molar refractivity (Wildman–Crippen MR) is 61.1 cm³/mol. The van der Waals surface area contributed by atoms with E-state index in [0.717, 1.165) is 12.8 Å². The third-order valence-electron chi connectivity index (χ3n) is 2.08. The van der Waals surface area contributed by atoms with E-state index < -0.39 is 0 Å². The Labute approximate surface area is 97.6 Å². The number of carbonyl (C=O) groups excluding carboxylic acids is 1. The fraction of sp³-hybridized carbons (Fsp3) is 0.444. The molecule has 0 aliphatic heterocycles. The van der Waals surface area contributed by atoms with Crippen molar-refractivity contribution in [3.63, 3.8) is 0 Å². The minimum Gasteiger partial charge on any atom is -0.368 e. The Hall–Kier alpha value is -1.56. The van der Waals surface area contributed by atoms with Crippen LogP contribution in [0.15, 0.2) is 6.07 Å². The van der Waals surface area contributed by atoms with Gasteiger partial charge >= 0.3 is 0 Å². The van der Waals surface area contributed by atoms with Crippen molar-refractivity contribution in [2.45, 2.75) is 18.9 Å². The normalized spacial score (nSPS) is 14.6. The van der Waals surface area contributed by atoms with Gasteiger partial charge in [0.05, 0.1) is 6.54 Å². The van der Waals surface area contributed by atoms with Crippen LogP contribution in [0, 0.1) is 0 Å². The summed E-state index contributed by atoms with van der Waals surface area (Å²) in [5.74, 6) is 0.469. The smallest absolute Gasteiger partial charge is 0.239 e. The molecule has 1 aromatic rings. The van der Waals surface area contributed by atoms with Gasteiger partial charge in [0.2, 0.25) is 11.9 Å². The third kappa shape index (κ3) is 3.23. The largest absolute Gasteiger partial charge is 0.368 e. The molecule has 6 nitrogen and oxygen atoms in total. The van der Waals surface area contributed by atoms with E-state index >= 15 is 0 Å². The molecule has 0 spiro atoms. The van der Waals surface area contributed by atoms with E-state index in [2.05, 4.69) is 20.6 Å². The number of nitrogens with two attached hydrogens (primary N) is 1. The van der Waals surface area contributed by atoms with E-state index in [4.69, 9.17) is 17.3 Å². The number of hydrogen-bond donors (Lipinski definition) is 3. The summed E-state index contributed by atoms with van der Waals surface area (Å²) in [6.07, 6.45) is 2.13. The number of carbonyl (C=O) groups is 1. The Balaban J connectivity index is 1.85. The van der Waals surface area contributed by atoms with Gasteiger partial charge in [-0.3, -0.25) is 4.79 Å². The predicted octanol–water partition coefficient (Wildman–Crippen LogP) is 0.403. The van der Waals surface area contributed by atoms with E-state index in [1.165, 1.54) is 6.07 Å². The maximum absolute atomic E-state index is 11.4. The quantitative estimate of drug-likeness (QED) is 0.664. The minimum atomic E-state index is -0.0594. The van der Waals surface area contributed by atoms with Crippen LogP contribution in [0.1, 0.15) is 12.8 Å². The standard InChI is InChI=1S/C9H12ClN5O/c10-6-3-7(15-9(11)14-6)12-4-8(16)13-5-1-2-5/h3,5H,1-2,4H2,(H,13,16)(H3,11,12,14,15). The highest BCUT2D eigenvalue weighted by molar-refractivity contribution is 6.29. The Morgan fingerprint density at radius 2 is 2.31 bits per heavy atom. The summed E-state index contributed by atoms with van der Waals surface area (Å²) in [7, 11) is 0. The number of halogens is 1. The zero-order valence-electron chi connectivity index (χ0n) is 8.53. The molecule has 2 rings (SSSR count). The van der Waals surface area contributed by atoms with E-state index in [1.54, 1.807) is 0 Å². The molecule has 1 aliphatic carbocycles. The number of anilines is 2. The molecule has 1 aliphatic rings. The van der Waals surface area contributed by atoms with Gasteiger partial charge in [-0.15, -0.1) is 0 Å². The van der Waals surface area contributed by atoms with Crippen LogP contribution >= 0.6 is 11.6 Å². The number of rotatable bonds is 4. The van der Waals surface area contributed by atoms with Crippen LogP contribution in [0.5, 0.6) is 0 Å². The van der Waals surface area contributed by atoms with Crippen molar-refractivity contribution in [1.82, 2.24) is 15.3 Å². The van der Waals surface area contributed by atoms with E-state index in [1.807, 2.05) is 0 Å². The molecule has 86 valence electrons. The monoisotopic (exact) mass is 241 g/mol. The summed E-state index contributed by atoms with van der Waals surface area (Å²) in [4.78, 5) is 19.0. The molecule has 1 aromatic heterocycles. The van der Waals surface area contributed by atoms with Crippen molar-refractivity contribution in [3.8, 4) is 0 Å². The number of hydrogen-bond acceptors (Lipinski definition) is 5. The Morgan fingerprint density at radius 1 is 1.56 bits per heavy atom. The fourth-order valence-corrected chi connectivity index (χ4v) is 1.39. The van der Waals surface area contributed by atoms with Gasteiger partial charge in [0, 0.05) is 12.1 Å². The maximum Gasteiger partial charge on any atom is 0.239 e. The fourth-order valence-electron chi connectivity index (χ4n) is 1.20. The first kappa shape index (κ1) is 10.9. The van der Waals surface area contributed by atoms with Crippen LogP contribution in [0.3, 0.4) is 0 Å². The second-order valence-electron chi connectivity index (χ2n) is 3.63. The van der Waals surface area contributed by atoms with Crippen LogP contribution in [0.25, 0.3) is 0 Å². The van der Waals surface area contributed by atoms with E-state index in [9.17, 15) is 4.79 Å². The van der Waals surface area contributed by atoms with Gasteiger partial charge in [0.25, 0.3) is 0 Å². The zero-order chi connectivity index (χ0) is 11.5. The van der Waals surface area contributed by atoms with Crippen LogP contribution in [-0.2, 0) is 4.79 Å². The summed E-state index contributed by atoms with van der Waals surface area (Å²) >= 11 is 5.69. The van der Waals surface area contributed by atoms with Gasteiger partial charge in [0.1, 0.15) is 11.0 Å². The molecule has 7 heteroatoms. The van der Waals surface area contributed by atoms with Gasteiger partial charge < -0.3 is 16.4 Å². The van der Waals surface area contributed by atoms with Gasteiger partial charge in [0.15, 0.2) is 0 Å². The van der Waals surface area contributed by atoms with Crippen molar-refractivity contribution in [2.24, 2.45) is 0 Å². The lowest BCUT2D eigenvalue weighted by Crippen LogP contribution is -2.31. The second kappa shape index (κ2) is 4.52. The lowest BCUT2D eigenvalue weighted by atomic mass is 10.5. The number of amides is 1. The van der Waals surface area contributed by atoms with Gasteiger partial charge in [-0.2, -0.15) is 4.98 Å². The molecule has 4 N–H and O–H groups in total. The lowest BCUT2D eigenvalue weighted by Gasteiger charge is -2.06. The minimum absolute atomic E-state index is 0.0594. The Kier molecular flexibility index (Phi) is 3.09. The molecular formula is C9H12ClN5O. The maximum atomic E-state index is 11.4. The molecule has 1 fully saturated rings. The van der Waals surface area contributed by atoms with E-state index in [-0.39, 0.29) is 23.6 Å². The molecule has 0 radical (unpaired) electrons. The van der Waals surface area contributed by atoms with Crippen molar-refractivity contribution < 1.29 is 4.79 Å². The van der Waals surface area contributed by atoms with Gasteiger partial charge in [-0.25, -0.2) is 4.98 Å². The summed E-state index contributed by atoms with van der Waals surface area (Å²) in [5, 5.41) is 5.92. The third-order valence-corrected chi connectivity index (χ3v) is 2.28. The first-order chi connectivity index (χ1) is 7.63. The van der Waals surface area contributed by atoms with Crippen LogP contribution < -0.4 is 16.4 Å². The average Bonchev–Trinajstić information content (AvgIpc) is 2.97. The molecule has 1 saturated carbocycles.